The highest BCUT2D eigenvalue weighted by Gasteiger charge is 2.18. The van der Waals surface area contributed by atoms with Gasteiger partial charge in [-0.05, 0) is 12.1 Å². The molecule has 0 fully saturated rings. The quantitative estimate of drug-likeness (QED) is 0.130. The van der Waals surface area contributed by atoms with Gasteiger partial charge in [0.2, 0.25) is 0 Å². The molecule has 12 heteroatoms. The summed E-state index contributed by atoms with van der Waals surface area (Å²) in [6.45, 7) is 4.00. The molecule has 1 rings (SSSR count). The number of nitrogens with two attached hydrogens (primary N) is 2. The van der Waals surface area contributed by atoms with Gasteiger partial charge in [-0.2, -0.15) is 0 Å². The van der Waals surface area contributed by atoms with Crippen LogP contribution in [0, 0.1) is 0 Å². The Morgan fingerprint density at radius 3 is 1.25 bits per heavy atom. The Kier molecular flexibility index (Phi) is 16.2. The fourth-order valence-electron chi connectivity index (χ4n) is 2.26. The van der Waals surface area contributed by atoms with Crippen molar-refractivity contribution in [3.05, 3.63) is 23.3 Å². The molecular formula is C20H32N2O8S2. The Labute approximate surface area is 199 Å². The minimum absolute atomic E-state index is 0.0614. The Morgan fingerprint density at radius 1 is 0.594 bits per heavy atom. The average Bonchev–Trinajstić information content (AvgIpc) is 2.78. The summed E-state index contributed by atoms with van der Waals surface area (Å²) in [5.74, 6) is -1.20. The van der Waals surface area contributed by atoms with Gasteiger partial charge in [-0.1, -0.05) is 0 Å². The maximum atomic E-state index is 12.3. The van der Waals surface area contributed by atoms with E-state index in [1.54, 1.807) is 0 Å². The highest BCUT2D eigenvalue weighted by molar-refractivity contribution is 7.80. The molecule has 182 valence electrons. The van der Waals surface area contributed by atoms with E-state index in [0.717, 1.165) is 0 Å². The summed E-state index contributed by atoms with van der Waals surface area (Å²) in [6.07, 6.45) is 0. The zero-order chi connectivity index (χ0) is 23.6. The first-order valence-corrected chi connectivity index (χ1v) is 11.0. The zero-order valence-corrected chi connectivity index (χ0v) is 19.7. The average molecular weight is 493 g/mol. The zero-order valence-electron chi connectivity index (χ0n) is 18.0. The third-order valence-electron chi connectivity index (χ3n) is 3.74. The van der Waals surface area contributed by atoms with Crippen LogP contribution in [0.3, 0.4) is 0 Å². The third-order valence-corrected chi connectivity index (χ3v) is 4.48. The van der Waals surface area contributed by atoms with Crippen LogP contribution in [0.15, 0.2) is 21.9 Å². The summed E-state index contributed by atoms with van der Waals surface area (Å²) in [5.41, 5.74) is 11.0. The fraction of sp³-hybridized carbons (Fsp3) is 0.600. The van der Waals surface area contributed by atoms with Crippen molar-refractivity contribution >= 4 is 37.2 Å². The van der Waals surface area contributed by atoms with Gasteiger partial charge in [0.25, 0.3) is 0 Å². The number of hydrogen-bond acceptors (Lipinski definition) is 12. The van der Waals surface area contributed by atoms with Crippen LogP contribution in [0.1, 0.15) is 20.7 Å². The lowest BCUT2D eigenvalue weighted by Crippen LogP contribution is -2.16. The second kappa shape index (κ2) is 18.1. The summed E-state index contributed by atoms with van der Waals surface area (Å²) in [4.78, 5) is 25.1. The molecule has 0 aliphatic carbocycles. The molecule has 0 aliphatic rings. The minimum Gasteiger partial charge on any atom is -0.460 e. The first-order chi connectivity index (χ1) is 15.5. The van der Waals surface area contributed by atoms with E-state index in [1.165, 1.54) is 12.1 Å². The predicted octanol–water partition coefficient (Wildman–Crippen LogP) is 0.561. The molecule has 32 heavy (non-hydrogen) atoms. The van der Waals surface area contributed by atoms with Crippen molar-refractivity contribution in [2.24, 2.45) is 11.5 Å². The molecule has 0 radical (unpaired) electrons. The van der Waals surface area contributed by atoms with Crippen molar-refractivity contribution in [1.82, 2.24) is 0 Å². The van der Waals surface area contributed by atoms with Crippen molar-refractivity contribution in [2.45, 2.75) is 9.79 Å². The van der Waals surface area contributed by atoms with Gasteiger partial charge in [0.1, 0.15) is 13.2 Å². The first-order valence-electron chi connectivity index (χ1n) is 10.1. The van der Waals surface area contributed by atoms with E-state index in [2.05, 4.69) is 25.3 Å². The molecule has 0 atom stereocenters. The van der Waals surface area contributed by atoms with E-state index >= 15 is 0 Å². The monoisotopic (exact) mass is 492 g/mol. The van der Waals surface area contributed by atoms with Crippen LogP contribution in [-0.4, -0.2) is 91.1 Å². The van der Waals surface area contributed by atoms with Gasteiger partial charge >= 0.3 is 11.9 Å². The van der Waals surface area contributed by atoms with Gasteiger partial charge in [-0.25, -0.2) is 9.59 Å². The lowest BCUT2D eigenvalue weighted by molar-refractivity contribution is 0.0147. The van der Waals surface area contributed by atoms with Gasteiger partial charge < -0.3 is 39.9 Å². The summed E-state index contributed by atoms with van der Waals surface area (Å²) in [6, 6.07) is 2.83. The van der Waals surface area contributed by atoms with E-state index < -0.39 is 11.9 Å². The molecule has 0 spiro atoms. The molecule has 0 aromatic heterocycles. The Bertz CT molecular complexity index is 636. The molecular weight excluding hydrogens is 460 g/mol. The van der Waals surface area contributed by atoms with Gasteiger partial charge in [0.15, 0.2) is 0 Å². The van der Waals surface area contributed by atoms with Crippen LogP contribution in [0.5, 0.6) is 0 Å². The van der Waals surface area contributed by atoms with Gasteiger partial charge in [0.05, 0.1) is 64.0 Å². The largest absolute Gasteiger partial charge is 0.460 e. The Hall–Kier alpha value is -1.38. The highest BCUT2D eigenvalue weighted by Crippen LogP contribution is 2.24. The second-order valence-electron chi connectivity index (χ2n) is 6.19. The topological polar surface area (TPSA) is 142 Å². The SMILES string of the molecule is NCCOCCOCCOC(=O)c1cc(S)c(C(=O)OCCOCCOCCN)cc1S. The van der Waals surface area contributed by atoms with E-state index in [-0.39, 0.29) is 47.3 Å². The van der Waals surface area contributed by atoms with Crippen molar-refractivity contribution in [2.75, 3.05) is 79.2 Å². The molecule has 0 aliphatic heterocycles. The number of benzene rings is 1. The molecule has 0 unspecified atom stereocenters. The van der Waals surface area contributed by atoms with Crippen molar-refractivity contribution in [1.29, 1.82) is 0 Å². The molecule has 10 nitrogen and oxygen atoms in total. The number of carbonyl (C=O) groups is 2. The lowest BCUT2D eigenvalue weighted by Gasteiger charge is -2.11. The minimum atomic E-state index is -0.599. The van der Waals surface area contributed by atoms with Gasteiger partial charge in [0, 0.05) is 22.9 Å². The molecule has 1 aromatic rings. The number of thiol groups is 2. The highest BCUT2D eigenvalue weighted by atomic mass is 32.1. The van der Waals surface area contributed by atoms with Crippen LogP contribution in [0.2, 0.25) is 0 Å². The van der Waals surface area contributed by atoms with Gasteiger partial charge in [-0.3, -0.25) is 0 Å². The fourth-order valence-corrected chi connectivity index (χ4v) is 2.83. The van der Waals surface area contributed by atoms with Crippen LogP contribution < -0.4 is 11.5 Å². The number of carbonyl (C=O) groups excluding carboxylic acids is 2. The second-order valence-corrected chi connectivity index (χ2v) is 7.15. The predicted molar refractivity (Wildman–Crippen MR) is 123 cm³/mol. The van der Waals surface area contributed by atoms with Crippen molar-refractivity contribution < 1.29 is 38.0 Å². The van der Waals surface area contributed by atoms with Crippen LogP contribution in [0.4, 0.5) is 0 Å². The summed E-state index contributed by atoms with van der Waals surface area (Å²) in [5, 5.41) is 0. The van der Waals surface area contributed by atoms with Crippen LogP contribution >= 0.6 is 25.3 Å². The number of hydrogen-bond donors (Lipinski definition) is 4. The van der Waals surface area contributed by atoms with Crippen LogP contribution in [0.25, 0.3) is 0 Å². The van der Waals surface area contributed by atoms with E-state index in [4.69, 9.17) is 39.9 Å². The molecule has 0 saturated heterocycles. The van der Waals surface area contributed by atoms with Crippen molar-refractivity contribution in [3.8, 4) is 0 Å². The maximum absolute atomic E-state index is 12.3. The van der Waals surface area contributed by atoms with E-state index in [0.29, 0.717) is 52.7 Å². The summed E-state index contributed by atoms with van der Waals surface area (Å²) >= 11 is 8.55. The molecule has 0 amide bonds. The Balaban J connectivity index is 2.37. The molecule has 0 bridgehead atoms. The Morgan fingerprint density at radius 2 is 0.906 bits per heavy atom. The maximum Gasteiger partial charge on any atom is 0.339 e. The molecule has 0 heterocycles. The normalized spacial score (nSPS) is 10.9. The van der Waals surface area contributed by atoms with Crippen LogP contribution in [-0.2, 0) is 28.4 Å². The molecule has 1 aromatic carbocycles. The first kappa shape index (κ1) is 28.7. The summed E-state index contributed by atoms with van der Waals surface area (Å²) in [7, 11) is 0. The number of esters is 2. The number of ether oxygens (including phenoxy) is 6. The van der Waals surface area contributed by atoms with E-state index in [9.17, 15) is 9.59 Å². The van der Waals surface area contributed by atoms with E-state index in [1.807, 2.05) is 0 Å². The third kappa shape index (κ3) is 12.0. The summed E-state index contributed by atoms with van der Waals surface area (Å²) < 4.78 is 31.2. The molecule has 4 N–H and O–H groups in total. The lowest BCUT2D eigenvalue weighted by atomic mass is 10.1. The smallest absolute Gasteiger partial charge is 0.339 e. The number of rotatable bonds is 18. The van der Waals surface area contributed by atoms with Gasteiger partial charge in [-0.15, -0.1) is 25.3 Å². The standard InChI is InChI=1S/C20H32N2O8S2/c21-1-3-25-5-7-27-9-11-29-19(23)15-13-18(32)16(14-17(15)31)20(24)30-12-10-28-8-6-26-4-2-22/h13-14,31-32H,1-12,21-22H2. The molecule has 0 saturated carbocycles. The van der Waals surface area contributed by atoms with Crippen molar-refractivity contribution in [3.63, 3.8) is 0 Å².